The lowest BCUT2D eigenvalue weighted by atomic mass is 9.78. The number of benzene rings is 1. The van der Waals surface area contributed by atoms with Gasteiger partial charge in [0.1, 0.15) is 5.75 Å². The van der Waals surface area contributed by atoms with Crippen LogP contribution >= 0.6 is 11.8 Å². The molecule has 1 aromatic carbocycles. The topological polar surface area (TPSA) is 44.6 Å². The molecule has 0 saturated heterocycles. The molecule has 24 heavy (non-hydrogen) atoms. The minimum atomic E-state index is -0.0927. The number of phenols is 1. The zero-order chi connectivity index (χ0) is 18.1. The summed E-state index contributed by atoms with van der Waals surface area (Å²) in [6, 6.07) is 4.53. The van der Waals surface area contributed by atoms with Crippen molar-refractivity contribution in [2.24, 2.45) is 4.99 Å². The highest BCUT2D eigenvalue weighted by molar-refractivity contribution is 8.14. The third-order valence-corrected chi connectivity index (χ3v) is 5.55. The SMILES string of the molecule is CNCCC1=NC(c2cc(C(C)(C)C)c(O)c(C(C)(C)C)c2)CS1. The van der Waals surface area contributed by atoms with Crippen LogP contribution in [0.1, 0.15) is 70.7 Å². The number of aromatic hydroxyl groups is 1. The molecule has 0 bridgehead atoms. The van der Waals surface area contributed by atoms with Crippen LogP contribution in [0.25, 0.3) is 0 Å². The lowest BCUT2D eigenvalue weighted by molar-refractivity contribution is 0.422. The zero-order valence-corrected chi connectivity index (χ0v) is 17.0. The third kappa shape index (κ3) is 4.34. The molecule has 134 valence electrons. The quantitative estimate of drug-likeness (QED) is 0.823. The van der Waals surface area contributed by atoms with Crippen molar-refractivity contribution >= 4 is 16.8 Å². The molecule has 0 radical (unpaired) electrons. The highest BCUT2D eigenvalue weighted by Gasteiger charge is 2.29. The summed E-state index contributed by atoms with van der Waals surface area (Å²) in [5.41, 5.74) is 3.09. The van der Waals surface area contributed by atoms with E-state index in [0.29, 0.717) is 5.75 Å². The third-order valence-electron chi connectivity index (χ3n) is 4.43. The first-order valence-corrected chi connectivity index (χ1v) is 9.74. The Morgan fingerprint density at radius 2 is 1.67 bits per heavy atom. The molecular weight excluding hydrogens is 316 g/mol. The summed E-state index contributed by atoms with van der Waals surface area (Å²) in [5, 5.41) is 15.3. The number of aliphatic imine (C=N–C) groups is 1. The van der Waals surface area contributed by atoms with Gasteiger partial charge in [0, 0.05) is 18.7 Å². The number of phenolic OH excluding ortho intramolecular Hbond substituents is 1. The highest BCUT2D eigenvalue weighted by atomic mass is 32.2. The average molecular weight is 349 g/mol. The fourth-order valence-electron chi connectivity index (χ4n) is 2.96. The van der Waals surface area contributed by atoms with Crippen LogP contribution < -0.4 is 5.32 Å². The predicted molar refractivity (Wildman–Crippen MR) is 107 cm³/mol. The van der Waals surface area contributed by atoms with Crippen molar-refractivity contribution in [1.29, 1.82) is 0 Å². The van der Waals surface area contributed by atoms with Crippen molar-refractivity contribution in [1.82, 2.24) is 5.32 Å². The lowest BCUT2D eigenvalue weighted by Crippen LogP contribution is -2.18. The molecular formula is C20H32N2OS. The Morgan fingerprint density at radius 1 is 1.12 bits per heavy atom. The molecule has 1 aliphatic heterocycles. The van der Waals surface area contributed by atoms with Crippen molar-refractivity contribution in [3.63, 3.8) is 0 Å². The fourth-order valence-corrected chi connectivity index (χ4v) is 4.02. The van der Waals surface area contributed by atoms with Crippen LogP contribution in [-0.4, -0.2) is 29.5 Å². The summed E-state index contributed by atoms with van der Waals surface area (Å²) in [7, 11) is 1.98. The van der Waals surface area contributed by atoms with Crippen molar-refractivity contribution in [3.8, 4) is 5.75 Å². The van der Waals surface area contributed by atoms with Crippen molar-refractivity contribution in [2.45, 2.75) is 64.8 Å². The van der Waals surface area contributed by atoms with E-state index in [9.17, 15) is 5.11 Å². The van der Waals surface area contributed by atoms with Crippen LogP contribution in [0.5, 0.6) is 5.75 Å². The summed E-state index contributed by atoms with van der Waals surface area (Å²) < 4.78 is 0. The van der Waals surface area contributed by atoms with E-state index >= 15 is 0 Å². The van der Waals surface area contributed by atoms with Gasteiger partial charge < -0.3 is 10.4 Å². The Kier molecular flexibility index (Phi) is 5.71. The second kappa shape index (κ2) is 7.09. The minimum Gasteiger partial charge on any atom is -0.507 e. The van der Waals surface area contributed by atoms with Gasteiger partial charge in [0.2, 0.25) is 0 Å². The van der Waals surface area contributed by atoms with E-state index in [1.54, 1.807) is 0 Å². The second-order valence-corrected chi connectivity index (χ2v) is 9.76. The molecule has 0 fully saturated rings. The molecule has 4 heteroatoms. The average Bonchev–Trinajstić information content (AvgIpc) is 2.91. The molecule has 1 aliphatic rings. The first kappa shape index (κ1) is 19.3. The maximum Gasteiger partial charge on any atom is 0.123 e. The zero-order valence-electron chi connectivity index (χ0n) is 16.2. The smallest absolute Gasteiger partial charge is 0.123 e. The molecule has 0 saturated carbocycles. The van der Waals surface area contributed by atoms with E-state index in [1.165, 1.54) is 10.6 Å². The largest absolute Gasteiger partial charge is 0.507 e. The number of thioether (sulfide) groups is 1. The lowest BCUT2D eigenvalue weighted by Gasteiger charge is -2.28. The molecule has 1 aromatic rings. The number of nitrogens with one attached hydrogen (secondary N) is 1. The molecule has 0 spiro atoms. The maximum atomic E-state index is 10.8. The molecule has 1 unspecified atom stereocenters. The number of nitrogens with zero attached hydrogens (tertiary/aromatic N) is 1. The molecule has 2 rings (SSSR count). The van der Waals surface area contributed by atoms with Gasteiger partial charge in [-0.1, -0.05) is 41.5 Å². The van der Waals surface area contributed by atoms with Crippen LogP contribution in [0.4, 0.5) is 0 Å². The fraction of sp³-hybridized carbons (Fsp3) is 0.650. The van der Waals surface area contributed by atoms with Crippen LogP contribution in [0.3, 0.4) is 0 Å². The summed E-state index contributed by atoms with van der Waals surface area (Å²) in [5.74, 6) is 1.44. The number of hydrogen-bond donors (Lipinski definition) is 2. The first-order valence-electron chi connectivity index (χ1n) is 8.76. The van der Waals surface area contributed by atoms with Crippen LogP contribution in [-0.2, 0) is 10.8 Å². The van der Waals surface area contributed by atoms with E-state index < -0.39 is 0 Å². The Balaban J connectivity index is 2.46. The molecule has 2 N–H and O–H groups in total. The standard InChI is InChI=1S/C20H32N2OS/c1-19(2,3)14-10-13(11-15(18(14)23)20(4,5)6)16-12-24-17(22-16)8-9-21-7/h10-11,16,21,23H,8-9,12H2,1-7H3. The monoisotopic (exact) mass is 348 g/mol. The van der Waals surface area contributed by atoms with Crippen LogP contribution in [0.2, 0.25) is 0 Å². The van der Waals surface area contributed by atoms with E-state index in [1.807, 2.05) is 18.8 Å². The number of rotatable bonds is 4. The summed E-state index contributed by atoms with van der Waals surface area (Å²) >= 11 is 1.86. The van der Waals surface area contributed by atoms with E-state index in [-0.39, 0.29) is 16.9 Å². The summed E-state index contributed by atoms with van der Waals surface area (Å²) in [4.78, 5) is 4.93. The Morgan fingerprint density at radius 3 is 2.12 bits per heavy atom. The minimum absolute atomic E-state index is 0.0927. The van der Waals surface area contributed by atoms with Gasteiger partial charge in [-0.25, -0.2) is 0 Å². The van der Waals surface area contributed by atoms with Gasteiger partial charge in [-0.05, 0) is 46.7 Å². The van der Waals surface area contributed by atoms with E-state index in [4.69, 9.17) is 4.99 Å². The summed E-state index contributed by atoms with van der Waals surface area (Å²) in [6.45, 7) is 13.9. The van der Waals surface area contributed by atoms with Gasteiger partial charge in [0.05, 0.1) is 11.1 Å². The normalized spacial score (nSPS) is 18.8. The molecule has 0 aliphatic carbocycles. The van der Waals surface area contributed by atoms with Crippen molar-refractivity contribution in [3.05, 3.63) is 28.8 Å². The Labute approximate surface area is 151 Å². The molecule has 3 nitrogen and oxygen atoms in total. The van der Waals surface area contributed by atoms with Gasteiger partial charge in [0.15, 0.2) is 0 Å². The summed E-state index contributed by atoms with van der Waals surface area (Å²) in [6.07, 6.45) is 0.994. The Bertz CT molecular complexity index is 589. The van der Waals surface area contributed by atoms with Gasteiger partial charge >= 0.3 is 0 Å². The molecule has 0 aromatic heterocycles. The molecule has 1 heterocycles. The highest BCUT2D eigenvalue weighted by Crippen LogP contribution is 2.42. The predicted octanol–water partition coefficient (Wildman–Crippen LogP) is 4.78. The van der Waals surface area contributed by atoms with Crippen LogP contribution in [0.15, 0.2) is 17.1 Å². The van der Waals surface area contributed by atoms with Gasteiger partial charge in [-0.2, -0.15) is 0 Å². The molecule has 1 atom stereocenters. The van der Waals surface area contributed by atoms with Crippen LogP contribution in [0, 0.1) is 0 Å². The maximum absolute atomic E-state index is 10.8. The van der Waals surface area contributed by atoms with E-state index in [0.717, 1.165) is 29.8 Å². The Hall–Kier alpha value is -1.00. The van der Waals surface area contributed by atoms with Gasteiger partial charge in [-0.15, -0.1) is 11.8 Å². The van der Waals surface area contributed by atoms with E-state index in [2.05, 4.69) is 59.0 Å². The van der Waals surface area contributed by atoms with Crippen molar-refractivity contribution in [2.75, 3.05) is 19.3 Å². The van der Waals surface area contributed by atoms with Crippen molar-refractivity contribution < 1.29 is 5.11 Å². The molecule has 0 amide bonds. The first-order chi connectivity index (χ1) is 11.0. The van der Waals surface area contributed by atoms with Gasteiger partial charge in [0.25, 0.3) is 0 Å². The van der Waals surface area contributed by atoms with Gasteiger partial charge in [-0.3, -0.25) is 4.99 Å². The number of hydrogen-bond acceptors (Lipinski definition) is 4. The second-order valence-electron chi connectivity index (χ2n) is 8.67.